The average Bonchev–Trinajstić information content (AvgIpc) is 2.75. The van der Waals surface area contributed by atoms with Gasteiger partial charge in [0.25, 0.3) is 0 Å². The number of aromatic carboxylic acids is 1. The summed E-state index contributed by atoms with van der Waals surface area (Å²) in [6.07, 6.45) is 1.22. The van der Waals surface area contributed by atoms with E-state index in [0.717, 1.165) is 17.0 Å². The van der Waals surface area contributed by atoms with Crippen LogP contribution in [0.15, 0.2) is 29.2 Å². The van der Waals surface area contributed by atoms with E-state index in [1.807, 2.05) is 19.9 Å². The molecule has 2 heterocycles. The number of aromatic nitrogens is 3. The number of aryl methyl sites for hydroxylation is 1. The first-order chi connectivity index (χ1) is 10.9. The molecule has 2 N–H and O–H groups in total. The van der Waals surface area contributed by atoms with Crippen molar-refractivity contribution in [3.05, 3.63) is 62.2 Å². The zero-order chi connectivity index (χ0) is 16.7. The van der Waals surface area contributed by atoms with Gasteiger partial charge in [-0.15, -0.1) is 0 Å². The molecular formula is C16H14ClN3O3. The number of halogens is 1. The fraction of sp³-hybridized carbons (Fsp3) is 0.188. The van der Waals surface area contributed by atoms with Crippen LogP contribution in [0.25, 0.3) is 10.9 Å². The van der Waals surface area contributed by atoms with Gasteiger partial charge in [0.15, 0.2) is 0 Å². The van der Waals surface area contributed by atoms with Gasteiger partial charge in [-0.1, -0.05) is 17.7 Å². The molecule has 0 aliphatic rings. The lowest BCUT2D eigenvalue weighted by Crippen LogP contribution is -2.15. The highest BCUT2D eigenvalue weighted by Gasteiger charge is 2.13. The number of benzene rings is 1. The van der Waals surface area contributed by atoms with Crippen molar-refractivity contribution in [2.24, 2.45) is 0 Å². The summed E-state index contributed by atoms with van der Waals surface area (Å²) in [5, 5.41) is 14.4. The first-order valence-corrected chi connectivity index (χ1v) is 7.33. The monoisotopic (exact) mass is 331 g/mol. The largest absolute Gasteiger partial charge is 0.477 e. The van der Waals surface area contributed by atoms with Crippen molar-refractivity contribution < 1.29 is 9.90 Å². The van der Waals surface area contributed by atoms with Gasteiger partial charge in [-0.25, -0.2) is 4.79 Å². The number of carboxylic acids is 1. The Bertz CT molecular complexity index is 988. The van der Waals surface area contributed by atoms with Crippen LogP contribution in [0.4, 0.5) is 0 Å². The third-order valence-corrected chi connectivity index (χ3v) is 4.35. The predicted molar refractivity (Wildman–Crippen MR) is 87.3 cm³/mol. The van der Waals surface area contributed by atoms with Gasteiger partial charge in [0.1, 0.15) is 5.56 Å². The van der Waals surface area contributed by atoms with Crippen molar-refractivity contribution in [1.82, 2.24) is 14.8 Å². The van der Waals surface area contributed by atoms with E-state index in [2.05, 4.69) is 10.1 Å². The van der Waals surface area contributed by atoms with Gasteiger partial charge >= 0.3 is 5.97 Å². The Labute approximate surface area is 136 Å². The molecule has 1 aromatic carbocycles. The number of rotatable bonds is 3. The Morgan fingerprint density at radius 2 is 2.13 bits per heavy atom. The second-order valence-corrected chi connectivity index (χ2v) is 5.74. The molecule has 118 valence electrons. The predicted octanol–water partition coefficient (Wildman–Crippen LogP) is 2.74. The number of nitrogens with zero attached hydrogens (tertiary/aromatic N) is 2. The zero-order valence-electron chi connectivity index (χ0n) is 12.6. The molecule has 0 atom stereocenters. The topological polar surface area (TPSA) is 88.0 Å². The van der Waals surface area contributed by atoms with Gasteiger partial charge in [-0.3, -0.25) is 9.48 Å². The Morgan fingerprint density at radius 1 is 1.39 bits per heavy atom. The summed E-state index contributed by atoms with van der Waals surface area (Å²) in [6.45, 7) is 4.15. The molecule has 0 spiro atoms. The Kier molecular flexibility index (Phi) is 3.69. The summed E-state index contributed by atoms with van der Waals surface area (Å²) in [6, 6.07) is 5.30. The van der Waals surface area contributed by atoms with E-state index in [0.29, 0.717) is 22.5 Å². The maximum Gasteiger partial charge on any atom is 0.341 e. The van der Waals surface area contributed by atoms with Crippen molar-refractivity contribution in [2.45, 2.75) is 20.4 Å². The van der Waals surface area contributed by atoms with E-state index >= 15 is 0 Å². The van der Waals surface area contributed by atoms with Gasteiger partial charge in [0.2, 0.25) is 5.43 Å². The molecule has 0 fully saturated rings. The third kappa shape index (κ3) is 2.61. The van der Waals surface area contributed by atoms with E-state index < -0.39 is 11.4 Å². The fourth-order valence-electron chi connectivity index (χ4n) is 2.52. The molecule has 7 heteroatoms. The van der Waals surface area contributed by atoms with Crippen LogP contribution in [0.3, 0.4) is 0 Å². The summed E-state index contributed by atoms with van der Waals surface area (Å²) < 4.78 is 1.76. The summed E-state index contributed by atoms with van der Waals surface area (Å²) in [5.74, 6) is -1.25. The Hall–Kier alpha value is -2.60. The second-order valence-electron chi connectivity index (χ2n) is 5.36. The zero-order valence-corrected chi connectivity index (χ0v) is 13.3. The van der Waals surface area contributed by atoms with E-state index in [4.69, 9.17) is 16.7 Å². The minimum atomic E-state index is -1.25. The van der Waals surface area contributed by atoms with Crippen LogP contribution in [0.1, 0.15) is 27.3 Å². The molecule has 3 rings (SSSR count). The van der Waals surface area contributed by atoms with Crippen molar-refractivity contribution in [3.63, 3.8) is 0 Å². The summed E-state index contributed by atoms with van der Waals surface area (Å²) in [4.78, 5) is 26.2. The highest BCUT2D eigenvalue weighted by Crippen LogP contribution is 2.20. The highest BCUT2D eigenvalue weighted by atomic mass is 35.5. The van der Waals surface area contributed by atoms with Gasteiger partial charge in [0.05, 0.1) is 23.0 Å². The summed E-state index contributed by atoms with van der Waals surface area (Å²) >= 11 is 6.14. The number of aromatic amines is 1. The molecule has 3 aromatic rings. The number of hydrogen-bond acceptors (Lipinski definition) is 3. The Balaban J connectivity index is 2.09. The molecule has 0 aliphatic heterocycles. The number of fused-ring (bicyclic) bond motifs is 1. The van der Waals surface area contributed by atoms with Gasteiger partial charge in [-0.05, 0) is 31.5 Å². The molecule has 0 saturated heterocycles. The molecule has 0 aliphatic carbocycles. The SMILES string of the molecule is Cc1nn(Cc2ccc3[nH]cc(C(=O)O)c(=O)c3c2)c(C)c1Cl. The van der Waals surface area contributed by atoms with Crippen LogP contribution >= 0.6 is 11.6 Å². The lowest BCUT2D eigenvalue weighted by molar-refractivity contribution is 0.0695. The van der Waals surface area contributed by atoms with E-state index in [9.17, 15) is 9.59 Å². The van der Waals surface area contributed by atoms with Crippen LogP contribution in [-0.4, -0.2) is 25.8 Å². The summed E-state index contributed by atoms with van der Waals surface area (Å²) in [5.41, 5.74) is 2.25. The number of H-pyrrole nitrogens is 1. The molecule has 6 nitrogen and oxygen atoms in total. The van der Waals surface area contributed by atoms with E-state index in [1.54, 1.807) is 16.8 Å². The van der Waals surface area contributed by atoms with Crippen LogP contribution in [-0.2, 0) is 6.54 Å². The van der Waals surface area contributed by atoms with Crippen LogP contribution in [0, 0.1) is 13.8 Å². The lowest BCUT2D eigenvalue weighted by Gasteiger charge is -2.07. The molecule has 0 radical (unpaired) electrons. The van der Waals surface area contributed by atoms with Gasteiger partial charge < -0.3 is 10.1 Å². The smallest absolute Gasteiger partial charge is 0.341 e. The number of nitrogens with one attached hydrogen (secondary N) is 1. The van der Waals surface area contributed by atoms with Crippen LogP contribution in [0.2, 0.25) is 5.02 Å². The first kappa shape index (κ1) is 15.3. The number of pyridine rings is 1. The van der Waals surface area contributed by atoms with Crippen molar-refractivity contribution >= 4 is 28.5 Å². The van der Waals surface area contributed by atoms with Crippen molar-refractivity contribution in [1.29, 1.82) is 0 Å². The van der Waals surface area contributed by atoms with Crippen LogP contribution < -0.4 is 5.43 Å². The first-order valence-electron chi connectivity index (χ1n) is 6.95. The molecule has 23 heavy (non-hydrogen) atoms. The van der Waals surface area contributed by atoms with Crippen molar-refractivity contribution in [2.75, 3.05) is 0 Å². The quantitative estimate of drug-likeness (QED) is 0.772. The lowest BCUT2D eigenvalue weighted by atomic mass is 10.1. The van der Waals surface area contributed by atoms with Crippen molar-refractivity contribution in [3.8, 4) is 0 Å². The maximum absolute atomic E-state index is 12.3. The van der Waals surface area contributed by atoms with Gasteiger partial charge in [0, 0.05) is 17.1 Å². The molecule has 0 unspecified atom stereocenters. The number of hydrogen-bond donors (Lipinski definition) is 2. The third-order valence-electron chi connectivity index (χ3n) is 3.80. The average molecular weight is 332 g/mol. The maximum atomic E-state index is 12.3. The number of carboxylic acid groups (broad SMARTS) is 1. The highest BCUT2D eigenvalue weighted by molar-refractivity contribution is 6.31. The van der Waals surface area contributed by atoms with Crippen LogP contribution in [0.5, 0.6) is 0 Å². The second kappa shape index (κ2) is 5.55. The molecule has 0 amide bonds. The van der Waals surface area contributed by atoms with Gasteiger partial charge in [-0.2, -0.15) is 5.10 Å². The number of carbonyl (C=O) groups is 1. The van der Waals surface area contributed by atoms with E-state index in [1.165, 1.54) is 6.20 Å². The minimum Gasteiger partial charge on any atom is -0.477 e. The summed E-state index contributed by atoms with van der Waals surface area (Å²) in [7, 11) is 0. The molecular weight excluding hydrogens is 318 g/mol. The molecule has 0 bridgehead atoms. The fourth-order valence-corrected chi connectivity index (χ4v) is 2.66. The minimum absolute atomic E-state index is 0.274. The standard InChI is InChI=1S/C16H14ClN3O3/c1-8-14(17)9(2)20(19-8)7-10-3-4-13-11(5-10)15(21)12(6-18-13)16(22)23/h3-6H,7H2,1-2H3,(H,18,21)(H,22,23). The molecule has 2 aromatic heterocycles. The Morgan fingerprint density at radius 3 is 2.74 bits per heavy atom. The molecule has 0 saturated carbocycles. The van der Waals surface area contributed by atoms with E-state index in [-0.39, 0.29) is 5.56 Å². The normalized spacial score (nSPS) is 11.1.